The summed E-state index contributed by atoms with van der Waals surface area (Å²) in [4.78, 5) is 11.4. The van der Waals surface area contributed by atoms with E-state index >= 15 is 0 Å². The second kappa shape index (κ2) is 3.89. The van der Waals surface area contributed by atoms with E-state index in [1.807, 2.05) is 54.1 Å². The third-order valence-corrected chi connectivity index (χ3v) is 2.02. The number of hydrogen-bond acceptors (Lipinski definition) is 1. The molecule has 0 saturated heterocycles. The molecular weight excluding hydrogens is 265 g/mol. The molecule has 0 aliphatic carbocycles. The summed E-state index contributed by atoms with van der Waals surface area (Å²) in [6, 6.07) is 7.56. The van der Waals surface area contributed by atoms with E-state index in [9.17, 15) is 4.79 Å². The molecule has 0 saturated carbocycles. The number of amides is 1. The molecular formula is C9H10INO. The van der Waals surface area contributed by atoms with Gasteiger partial charge >= 0.3 is 0 Å². The lowest BCUT2D eigenvalue weighted by molar-refractivity contribution is 0.0906. The molecule has 0 unspecified atom stereocenters. The van der Waals surface area contributed by atoms with Crippen LogP contribution in [0.15, 0.2) is 24.3 Å². The van der Waals surface area contributed by atoms with Crippen LogP contribution >= 0.6 is 22.9 Å². The summed E-state index contributed by atoms with van der Waals surface area (Å²) in [5.41, 5.74) is 1.90. The van der Waals surface area contributed by atoms with Gasteiger partial charge in [-0.25, -0.2) is 0 Å². The van der Waals surface area contributed by atoms with Gasteiger partial charge in [-0.05, 0) is 19.1 Å². The monoisotopic (exact) mass is 275 g/mol. The summed E-state index contributed by atoms with van der Waals surface area (Å²) in [5, 5.41) is 0. The maximum atomic E-state index is 11.4. The van der Waals surface area contributed by atoms with Crippen LogP contribution in [0, 0.1) is 6.92 Å². The maximum absolute atomic E-state index is 11.4. The Morgan fingerprint density at radius 1 is 1.33 bits per heavy atom. The Morgan fingerprint density at radius 3 is 2.25 bits per heavy atom. The number of rotatable bonds is 1. The molecule has 0 atom stereocenters. The van der Waals surface area contributed by atoms with Crippen LogP contribution in [-0.4, -0.2) is 16.1 Å². The molecule has 1 aromatic rings. The Morgan fingerprint density at radius 2 is 1.83 bits per heavy atom. The number of hydrogen-bond donors (Lipinski definition) is 0. The highest BCUT2D eigenvalue weighted by Crippen LogP contribution is 2.08. The van der Waals surface area contributed by atoms with Gasteiger partial charge in [0.1, 0.15) is 0 Å². The van der Waals surface area contributed by atoms with Gasteiger partial charge in [-0.1, -0.05) is 17.7 Å². The van der Waals surface area contributed by atoms with Crippen molar-refractivity contribution in [2.24, 2.45) is 0 Å². The van der Waals surface area contributed by atoms with Crippen molar-refractivity contribution in [2.45, 2.75) is 6.92 Å². The Kier molecular flexibility index (Phi) is 3.08. The largest absolute Gasteiger partial charge is 0.284 e. The minimum absolute atomic E-state index is 0.0376. The topological polar surface area (TPSA) is 20.3 Å². The van der Waals surface area contributed by atoms with Crippen LogP contribution in [-0.2, 0) is 0 Å². The lowest BCUT2D eigenvalue weighted by Crippen LogP contribution is -2.15. The number of carbonyl (C=O) groups excluding carboxylic acids is 1. The summed E-state index contributed by atoms with van der Waals surface area (Å²) in [6.07, 6.45) is 0. The van der Waals surface area contributed by atoms with Gasteiger partial charge in [-0.3, -0.25) is 7.91 Å². The van der Waals surface area contributed by atoms with Crippen molar-refractivity contribution in [3.8, 4) is 0 Å². The van der Waals surface area contributed by atoms with Gasteiger partial charge in [-0.2, -0.15) is 0 Å². The average Bonchev–Trinajstić information content (AvgIpc) is 2.04. The zero-order valence-electron chi connectivity index (χ0n) is 7.04. The van der Waals surface area contributed by atoms with Crippen molar-refractivity contribution in [3.63, 3.8) is 0 Å². The molecule has 1 aromatic carbocycles. The molecule has 0 radical (unpaired) electrons. The molecule has 0 heterocycles. The minimum Gasteiger partial charge on any atom is -0.284 e. The highest BCUT2D eigenvalue weighted by Gasteiger charge is 2.07. The molecule has 0 aliphatic heterocycles. The van der Waals surface area contributed by atoms with E-state index in [4.69, 9.17) is 0 Å². The normalized spacial score (nSPS) is 9.58. The van der Waals surface area contributed by atoms with E-state index in [0.29, 0.717) is 0 Å². The first kappa shape index (κ1) is 9.51. The SMILES string of the molecule is Cc1ccc(C(=O)N(C)I)cc1. The number of benzene rings is 1. The lowest BCUT2D eigenvalue weighted by atomic mass is 10.1. The lowest BCUT2D eigenvalue weighted by Gasteiger charge is -2.07. The van der Waals surface area contributed by atoms with Crippen molar-refractivity contribution < 1.29 is 4.79 Å². The van der Waals surface area contributed by atoms with Crippen LogP contribution in [0.3, 0.4) is 0 Å². The summed E-state index contributed by atoms with van der Waals surface area (Å²) in [7, 11) is 1.74. The standard InChI is InChI=1S/C9H10INO/c1-7-3-5-8(6-4-7)9(12)11(2)10/h3-6H,1-2H3. The Bertz CT molecular complexity index is 279. The van der Waals surface area contributed by atoms with E-state index in [1.54, 1.807) is 10.2 Å². The highest BCUT2D eigenvalue weighted by molar-refractivity contribution is 14.1. The maximum Gasteiger partial charge on any atom is 0.262 e. The molecule has 0 spiro atoms. The van der Waals surface area contributed by atoms with Crippen molar-refractivity contribution in [1.29, 1.82) is 0 Å². The highest BCUT2D eigenvalue weighted by atomic mass is 127. The van der Waals surface area contributed by atoms with Gasteiger partial charge in [0.15, 0.2) is 0 Å². The zero-order valence-corrected chi connectivity index (χ0v) is 9.20. The molecule has 64 valence electrons. The van der Waals surface area contributed by atoms with E-state index < -0.39 is 0 Å². The summed E-state index contributed by atoms with van der Waals surface area (Å²) < 4.78 is 1.54. The third-order valence-electron chi connectivity index (χ3n) is 1.58. The third kappa shape index (κ3) is 2.20. The van der Waals surface area contributed by atoms with Crippen LogP contribution in [0.4, 0.5) is 0 Å². The first-order valence-electron chi connectivity index (χ1n) is 3.62. The van der Waals surface area contributed by atoms with Crippen molar-refractivity contribution >= 4 is 28.8 Å². The Balaban J connectivity index is 2.90. The Hall–Kier alpha value is -0.580. The number of halogens is 1. The van der Waals surface area contributed by atoms with Gasteiger partial charge in [0.05, 0.1) is 22.9 Å². The van der Waals surface area contributed by atoms with Crippen LogP contribution in [0.25, 0.3) is 0 Å². The fourth-order valence-electron chi connectivity index (χ4n) is 0.874. The van der Waals surface area contributed by atoms with Crippen LogP contribution in [0.1, 0.15) is 15.9 Å². The molecule has 0 N–H and O–H groups in total. The number of aryl methyl sites for hydroxylation is 1. The number of nitrogens with zero attached hydrogens (tertiary/aromatic N) is 1. The van der Waals surface area contributed by atoms with E-state index in [-0.39, 0.29) is 5.91 Å². The summed E-state index contributed by atoms with van der Waals surface area (Å²) >= 11 is 1.96. The fraction of sp³-hybridized carbons (Fsp3) is 0.222. The predicted molar refractivity (Wildman–Crippen MR) is 57.3 cm³/mol. The van der Waals surface area contributed by atoms with Crippen molar-refractivity contribution in [3.05, 3.63) is 35.4 Å². The van der Waals surface area contributed by atoms with Gasteiger partial charge < -0.3 is 0 Å². The van der Waals surface area contributed by atoms with Gasteiger partial charge in [0.25, 0.3) is 5.91 Å². The molecule has 3 heteroatoms. The first-order valence-corrected chi connectivity index (χ1v) is 4.58. The van der Waals surface area contributed by atoms with Crippen LogP contribution < -0.4 is 0 Å². The second-order valence-corrected chi connectivity index (χ2v) is 4.10. The minimum atomic E-state index is 0.0376. The first-order chi connectivity index (χ1) is 5.61. The van der Waals surface area contributed by atoms with Gasteiger partial charge in [0.2, 0.25) is 0 Å². The van der Waals surface area contributed by atoms with E-state index in [0.717, 1.165) is 5.56 Å². The van der Waals surface area contributed by atoms with E-state index in [1.165, 1.54) is 5.56 Å². The van der Waals surface area contributed by atoms with Crippen molar-refractivity contribution in [2.75, 3.05) is 7.05 Å². The van der Waals surface area contributed by atoms with Crippen LogP contribution in [0.2, 0.25) is 0 Å². The molecule has 0 aliphatic rings. The molecule has 1 rings (SSSR count). The molecule has 0 fully saturated rings. The number of carbonyl (C=O) groups is 1. The zero-order chi connectivity index (χ0) is 9.14. The quantitative estimate of drug-likeness (QED) is 0.569. The van der Waals surface area contributed by atoms with Gasteiger partial charge in [0, 0.05) is 12.6 Å². The predicted octanol–water partition coefficient (Wildman–Crippen LogP) is 2.42. The summed E-state index contributed by atoms with van der Waals surface area (Å²) in [5.74, 6) is 0.0376. The molecule has 0 aromatic heterocycles. The molecule has 0 bridgehead atoms. The van der Waals surface area contributed by atoms with Crippen LogP contribution in [0.5, 0.6) is 0 Å². The average molecular weight is 275 g/mol. The second-order valence-electron chi connectivity index (χ2n) is 2.65. The fourth-order valence-corrected chi connectivity index (χ4v) is 1.15. The summed E-state index contributed by atoms with van der Waals surface area (Å²) in [6.45, 7) is 2.00. The Labute approximate surface area is 86.1 Å². The van der Waals surface area contributed by atoms with Crippen molar-refractivity contribution in [1.82, 2.24) is 3.11 Å². The van der Waals surface area contributed by atoms with E-state index in [2.05, 4.69) is 0 Å². The molecule has 1 amide bonds. The molecule has 12 heavy (non-hydrogen) atoms. The van der Waals surface area contributed by atoms with Gasteiger partial charge in [-0.15, -0.1) is 0 Å². The smallest absolute Gasteiger partial charge is 0.262 e. The molecule has 2 nitrogen and oxygen atoms in total.